The van der Waals surface area contributed by atoms with E-state index >= 15 is 0 Å². The SMILES string of the molecule is CSCC[C@H](NC(=O)[C@@H](N)C(C)C)C(=O)N[C@@H](CSc1cccc(S(=O)(=O)F)c1)C(=O)CCCC[C@H](N)C(=O)N[C@@H](CCCNC(=N)N)C(=O)N[C@H](C(=O)N[C@@H](CC(C)C)C(=O)N[C@@H](Cc1ccccc1)C(=O)N[C@@H](CC(C)C)C(=O)O)[C@@H](C)O. The number of carbonyl (C=O) groups is 9. The maximum absolute atomic E-state index is 14.1. The van der Waals surface area contributed by atoms with Crippen LogP contribution in [0.25, 0.3) is 0 Å². The van der Waals surface area contributed by atoms with Crippen LogP contribution in [0.4, 0.5) is 3.89 Å². The Hall–Kier alpha value is -6.40. The summed E-state index contributed by atoms with van der Waals surface area (Å²) < 4.78 is 37.2. The van der Waals surface area contributed by atoms with E-state index in [1.54, 1.807) is 71.9 Å². The van der Waals surface area contributed by atoms with E-state index in [-0.39, 0.29) is 105 Å². The van der Waals surface area contributed by atoms with E-state index in [4.69, 9.17) is 22.6 Å². The van der Waals surface area contributed by atoms with Gasteiger partial charge in [0.05, 0.1) is 29.1 Å². The van der Waals surface area contributed by atoms with Gasteiger partial charge in [-0.15, -0.1) is 15.6 Å². The molecule has 476 valence electrons. The van der Waals surface area contributed by atoms with Gasteiger partial charge >= 0.3 is 16.2 Å². The van der Waals surface area contributed by atoms with Crippen molar-refractivity contribution in [3.05, 3.63) is 60.2 Å². The number of Topliss-reactive ketones (excluding diaryl/α,β-unsaturated/α-hetero) is 1. The number of hydrogen-bond acceptors (Lipinski definition) is 17. The average Bonchev–Trinajstić information content (AvgIpc) is 3.60. The summed E-state index contributed by atoms with van der Waals surface area (Å²) in [6.45, 7) is 11.9. The zero-order valence-electron chi connectivity index (χ0n) is 49.6. The third-order valence-electron chi connectivity index (χ3n) is 13.3. The largest absolute Gasteiger partial charge is 0.480 e. The molecule has 0 unspecified atom stereocenters. The molecule has 25 nitrogen and oxygen atoms in total. The van der Waals surface area contributed by atoms with Crippen molar-refractivity contribution in [2.45, 2.75) is 183 Å². The van der Waals surface area contributed by atoms with Crippen LogP contribution in [0.2, 0.25) is 0 Å². The monoisotopic (exact) mass is 1250 g/mol. The average molecular weight is 1250 g/mol. The van der Waals surface area contributed by atoms with Gasteiger partial charge in [0, 0.05) is 30.0 Å². The van der Waals surface area contributed by atoms with Crippen molar-refractivity contribution in [2.24, 2.45) is 35.0 Å². The van der Waals surface area contributed by atoms with E-state index < -0.39 is 129 Å². The van der Waals surface area contributed by atoms with Crippen LogP contribution in [0.1, 0.15) is 112 Å². The van der Waals surface area contributed by atoms with Gasteiger partial charge in [-0.25, -0.2) is 4.79 Å². The van der Waals surface area contributed by atoms with Gasteiger partial charge in [-0.1, -0.05) is 84.4 Å². The van der Waals surface area contributed by atoms with Crippen LogP contribution in [0.3, 0.4) is 0 Å². The van der Waals surface area contributed by atoms with E-state index in [0.29, 0.717) is 11.3 Å². The number of guanidine groups is 1. The van der Waals surface area contributed by atoms with Crippen LogP contribution in [0, 0.1) is 23.2 Å². The summed E-state index contributed by atoms with van der Waals surface area (Å²) in [6.07, 6.45) is 0.733. The Morgan fingerprint density at radius 2 is 1.18 bits per heavy atom. The highest BCUT2D eigenvalue weighted by Crippen LogP contribution is 2.24. The van der Waals surface area contributed by atoms with Gasteiger partial charge in [0.2, 0.25) is 41.4 Å². The van der Waals surface area contributed by atoms with E-state index in [2.05, 4.69) is 42.5 Å². The first kappa shape index (κ1) is 74.7. The molecule has 0 saturated heterocycles. The quantitative estimate of drug-likeness (QED) is 0.0146. The van der Waals surface area contributed by atoms with Crippen molar-refractivity contribution >= 4 is 92.8 Å². The van der Waals surface area contributed by atoms with Crippen molar-refractivity contribution in [1.82, 2.24) is 42.5 Å². The molecule has 17 N–H and O–H groups in total. The second kappa shape index (κ2) is 37.9. The molecule has 0 aliphatic carbocycles. The number of aliphatic carboxylic acids is 1. The third-order valence-corrected chi connectivity index (χ3v) is 15.8. The first-order chi connectivity index (χ1) is 39.8. The Kier molecular flexibility index (Phi) is 33.3. The predicted octanol–water partition coefficient (Wildman–Crippen LogP) is 1.09. The number of nitrogens with two attached hydrogens (primary N) is 3. The molecule has 0 aliphatic rings. The number of ketones is 1. The van der Waals surface area contributed by atoms with E-state index in [1.165, 1.54) is 30.8 Å². The van der Waals surface area contributed by atoms with Crippen LogP contribution >= 0.6 is 23.5 Å². The van der Waals surface area contributed by atoms with Crippen molar-refractivity contribution in [3.8, 4) is 0 Å². The minimum Gasteiger partial charge on any atom is -0.480 e. The third kappa shape index (κ3) is 28.6. The molecule has 10 atom stereocenters. The molecule has 0 aromatic heterocycles. The van der Waals surface area contributed by atoms with Crippen molar-refractivity contribution in [3.63, 3.8) is 0 Å². The number of amides is 7. The number of rotatable bonds is 40. The molecular formula is C56H89FN12O13S3. The molecular weight excluding hydrogens is 1160 g/mol. The highest BCUT2D eigenvalue weighted by atomic mass is 32.3. The number of hydrogen-bond donors (Lipinski definition) is 14. The molecule has 0 bridgehead atoms. The highest BCUT2D eigenvalue weighted by Gasteiger charge is 2.36. The first-order valence-corrected chi connectivity index (χ1v) is 32.0. The molecule has 2 aromatic rings. The van der Waals surface area contributed by atoms with Crippen LogP contribution in [-0.2, 0) is 59.8 Å². The summed E-state index contributed by atoms with van der Waals surface area (Å²) in [6, 6.07) is 2.20. The van der Waals surface area contributed by atoms with E-state index in [0.717, 1.165) is 23.9 Å². The zero-order valence-corrected chi connectivity index (χ0v) is 52.1. The van der Waals surface area contributed by atoms with Gasteiger partial charge in [0.1, 0.15) is 36.3 Å². The molecule has 7 amide bonds. The lowest BCUT2D eigenvalue weighted by molar-refractivity contribution is -0.143. The van der Waals surface area contributed by atoms with Crippen LogP contribution < -0.4 is 59.7 Å². The minimum atomic E-state index is -5.06. The number of benzene rings is 2. The van der Waals surface area contributed by atoms with Crippen molar-refractivity contribution in [2.75, 3.05) is 24.3 Å². The Morgan fingerprint density at radius 1 is 0.635 bits per heavy atom. The number of carbonyl (C=O) groups excluding carboxylic acids is 8. The van der Waals surface area contributed by atoms with Crippen molar-refractivity contribution < 1.29 is 65.7 Å². The second-order valence-corrected chi connectivity index (χ2v) is 25.4. The van der Waals surface area contributed by atoms with Gasteiger partial charge in [-0.05, 0) is 105 Å². The Balaban J connectivity index is 2.30. The molecule has 2 aromatic carbocycles. The Bertz CT molecular complexity index is 2660. The molecule has 0 aliphatic heterocycles. The first-order valence-electron chi connectivity index (χ1n) is 28.2. The number of carboxylic acids is 1. The normalized spacial score (nSPS) is 15.1. The fraction of sp³-hybridized carbons (Fsp3) is 0.607. The van der Waals surface area contributed by atoms with Gasteiger partial charge in [0.25, 0.3) is 0 Å². The van der Waals surface area contributed by atoms with E-state index in [9.17, 15) is 65.7 Å². The molecule has 2 rings (SSSR count). The number of carboxylic acid groups (broad SMARTS) is 1. The molecule has 0 spiro atoms. The molecule has 0 heterocycles. The summed E-state index contributed by atoms with van der Waals surface area (Å²) in [5, 5.41) is 49.1. The standard InChI is InChI=1S/C56H89FN12O13S3/c1-31(2)26-41(51(75)65-42(28-35-16-10-9-11-17-35)52(76)67-43(55(79)80)27-32(3)4)66-54(78)47(34(7)70)69-50(74)39(21-15-24-62-56(60)61)63-48(72)38(58)20-12-13-22-45(71)44(30-84-36-18-14-19-37(29-36)85(57,81)82)68-49(73)40(23-25-83-8)64-53(77)46(59)33(5)6/h9-11,14,16-19,29,31-34,38-44,46-47,70H,12-13,15,20-28,30,58-59H2,1-8H3,(H,63,72)(H,64,77)(H,65,75)(H,66,78)(H,67,76)(H,68,73)(H,69,74)(H,79,80)(H4,60,61,62)/t34-,38+,39+,40+,41+,42+,43+,44+,46+,47+/m1/s1. The van der Waals surface area contributed by atoms with Gasteiger partial charge in [0.15, 0.2) is 11.7 Å². The highest BCUT2D eigenvalue weighted by molar-refractivity contribution is 7.99. The fourth-order valence-corrected chi connectivity index (χ4v) is 10.5. The van der Waals surface area contributed by atoms with Crippen LogP contribution in [-0.4, -0.2) is 162 Å². The van der Waals surface area contributed by atoms with Gasteiger partial charge < -0.3 is 69.9 Å². The maximum atomic E-state index is 14.1. The maximum Gasteiger partial charge on any atom is 0.332 e. The van der Waals surface area contributed by atoms with Gasteiger partial charge in [-0.2, -0.15) is 20.2 Å². The number of aliphatic hydroxyl groups is 1. The van der Waals surface area contributed by atoms with Crippen molar-refractivity contribution in [1.29, 1.82) is 5.41 Å². The number of halogens is 1. The number of unbranched alkanes of at least 4 members (excludes halogenated alkanes) is 1. The molecule has 29 heteroatoms. The Labute approximate surface area is 506 Å². The van der Waals surface area contributed by atoms with Crippen LogP contribution in [0.15, 0.2) is 64.4 Å². The second-order valence-electron chi connectivity index (χ2n) is 22.0. The van der Waals surface area contributed by atoms with Gasteiger partial charge in [-0.3, -0.25) is 43.8 Å². The number of nitrogens with one attached hydrogen (secondary N) is 9. The number of thioether (sulfide) groups is 2. The lowest BCUT2D eigenvalue weighted by Gasteiger charge is -2.29. The fourth-order valence-electron chi connectivity index (χ4n) is 8.42. The van der Waals surface area contributed by atoms with E-state index in [1.807, 2.05) is 6.26 Å². The summed E-state index contributed by atoms with van der Waals surface area (Å²) in [5.74, 6) is -7.89. The number of aliphatic hydroxyl groups excluding tert-OH is 1. The molecule has 0 saturated carbocycles. The van der Waals surface area contributed by atoms with Crippen LogP contribution in [0.5, 0.6) is 0 Å². The predicted molar refractivity (Wildman–Crippen MR) is 324 cm³/mol. The summed E-state index contributed by atoms with van der Waals surface area (Å²) in [5.41, 5.74) is 18.5. The smallest absolute Gasteiger partial charge is 0.332 e. The summed E-state index contributed by atoms with van der Waals surface area (Å²) in [7, 11) is -5.06. The molecule has 0 fully saturated rings. The topological polar surface area (TPSA) is 426 Å². The lowest BCUT2D eigenvalue weighted by Crippen LogP contribution is -2.61. The molecule has 85 heavy (non-hydrogen) atoms. The summed E-state index contributed by atoms with van der Waals surface area (Å²) >= 11 is 2.41. The minimum absolute atomic E-state index is 0.0154. The zero-order chi connectivity index (χ0) is 64.1. The Morgan fingerprint density at radius 3 is 1.75 bits per heavy atom. The summed E-state index contributed by atoms with van der Waals surface area (Å²) in [4.78, 5) is 122. The molecule has 0 radical (unpaired) electrons. The lowest BCUT2D eigenvalue weighted by atomic mass is 9.99.